The normalized spacial score (nSPS) is 15.5. The highest BCUT2D eigenvalue weighted by Crippen LogP contribution is 2.29. The van der Waals surface area contributed by atoms with Crippen LogP contribution < -0.4 is 15.4 Å². The van der Waals surface area contributed by atoms with E-state index in [0.29, 0.717) is 38.8 Å². The van der Waals surface area contributed by atoms with Gasteiger partial charge in [-0.2, -0.15) is 0 Å². The Hall–Kier alpha value is -3.55. The molecular weight excluding hydrogens is 458 g/mol. The van der Waals surface area contributed by atoms with Gasteiger partial charge in [0.1, 0.15) is 12.4 Å². The van der Waals surface area contributed by atoms with Gasteiger partial charge < -0.3 is 15.4 Å². The molecule has 0 spiro atoms. The van der Waals surface area contributed by atoms with E-state index in [1.54, 1.807) is 30.3 Å². The SMILES string of the molecule is CC(=O)Nc1ccc(N=C2NC(=O)/C(=C/c3ccc(OCc4ccccc4Cl)cc3)S2)cc1. The zero-order valence-electron chi connectivity index (χ0n) is 17.7. The predicted molar refractivity (Wildman–Crippen MR) is 134 cm³/mol. The molecule has 4 rings (SSSR count). The van der Waals surface area contributed by atoms with Crippen LogP contribution >= 0.6 is 23.4 Å². The van der Waals surface area contributed by atoms with Crippen molar-refractivity contribution < 1.29 is 14.3 Å². The molecule has 166 valence electrons. The topological polar surface area (TPSA) is 79.8 Å². The summed E-state index contributed by atoms with van der Waals surface area (Å²) in [5, 5.41) is 6.65. The molecule has 1 fully saturated rings. The maximum Gasteiger partial charge on any atom is 0.264 e. The lowest BCUT2D eigenvalue weighted by Gasteiger charge is -2.08. The number of hydrogen-bond donors (Lipinski definition) is 2. The predicted octanol–water partition coefficient (Wildman–Crippen LogP) is 5.77. The number of ether oxygens (including phenoxy) is 1. The standard InChI is InChI=1S/C25H20ClN3O3S/c1-16(30)27-19-8-10-20(11-9-19)28-25-29-24(31)23(33-25)14-17-6-12-21(13-7-17)32-15-18-4-2-3-5-22(18)26/h2-14H,15H2,1H3,(H,27,30)(H,28,29,31)/b23-14-. The minimum absolute atomic E-state index is 0.136. The van der Waals surface area contributed by atoms with Crippen LogP contribution in [0.1, 0.15) is 18.1 Å². The molecule has 8 heteroatoms. The van der Waals surface area contributed by atoms with Gasteiger partial charge in [0.05, 0.1) is 10.6 Å². The van der Waals surface area contributed by atoms with Crippen LogP contribution in [-0.2, 0) is 16.2 Å². The largest absolute Gasteiger partial charge is 0.489 e. The van der Waals surface area contributed by atoms with Crippen molar-refractivity contribution in [2.45, 2.75) is 13.5 Å². The van der Waals surface area contributed by atoms with Crippen LogP contribution in [0, 0.1) is 0 Å². The number of nitrogens with zero attached hydrogens (tertiary/aromatic N) is 1. The van der Waals surface area contributed by atoms with E-state index in [-0.39, 0.29) is 11.8 Å². The van der Waals surface area contributed by atoms with Crippen LogP contribution in [0.4, 0.5) is 11.4 Å². The molecule has 1 aliphatic rings. The Morgan fingerprint density at radius 3 is 2.52 bits per heavy atom. The number of benzene rings is 3. The van der Waals surface area contributed by atoms with Crippen LogP contribution in [0.15, 0.2) is 82.7 Å². The van der Waals surface area contributed by atoms with Gasteiger partial charge in [-0.3, -0.25) is 9.59 Å². The maximum absolute atomic E-state index is 12.3. The fraction of sp³-hybridized carbons (Fsp3) is 0.0800. The lowest BCUT2D eigenvalue weighted by atomic mass is 10.2. The molecule has 3 aromatic carbocycles. The summed E-state index contributed by atoms with van der Waals surface area (Å²) >= 11 is 7.43. The molecule has 0 bridgehead atoms. The number of thioether (sulfide) groups is 1. The molecule has 2 N–H and O–H groups in total. The number of halogens is 1. The number of hydrogen-bond acceptors (Lipinski definition) is 5. The van der Waals surface area contributed by atoms with Gasteiger partial charge in [-0.15, -0.1) is 0 Å². The minimum atomic E-state index is -0.201. The second kappa shape index (κ2) is 10.4. The highest BCUT2D eigenvalue weighted by atomic mass is 35.5. The van der Waals surface area contributed by atoms with Crippen molar-refractivity contribution >= 4 is 57.8 Å². The Bertz CT molecular complexity index is 1240. The first-order valence-electron chi connectivity index (χ1n) is 10.1. The summed E-state index contributed by atoms with van der Waals surface area (Å²) in [5.74, 6) is 0.376. The summed E-state index contributed by atoms with van der Waals surface area (Å²) in [4.78, 5) is 28.5. The molecule has 0 unspecified atom stereocenters. The molecule has 3 aromatic rings. The average molecular weight is 478 g/mol. The number of aliphatic imine (C=N–C) groups is 1. The van der Waals surface area contributed by atoms with Gasteiger partial charge in [0, 0.05) is 23.2 Å². The smallest absolute Gasteiger partial charge is 0.264 e. The van der Waals surface area contributed by atoms with Crippen LogP contribution in [-0.4, -0.2) is 17.0 Å². The molecule has 0 aromatic heterocycles. The number of amidine groups is 1. The fourth-order valence-electron chi connectivity index (χ4n) is 3.01. The van der Waals surface area contributed by atoms with Crippen molar-refractivity contribution in [2.75, 3.05) is 5.32 Å². The Morgan fingerprint density at radius 2 is 1.82 bits per heavy atom. The molecule has 0 atom stereocenters. The van der Waals surface area contributed by atoms with E-state index >= 15 is 0 Å². The molecule has 6 nitrogen and oxygen atoms in total. The summed E-state index contributed by atoms with van der Waals surface area (Å²) in [6.45, 7) is 1.83. The van der Waals surface area contributed by atoms with E-state index in [0.717, 1.165) is 11.1 Å². The van der Waals surface area contributed by atoms with Crippen molar-refractivity contribution in [2.24, 2.45) is 4.99 Å². The maximum atomic E-state index is 12.3. The van der Waals surface area contributed by atoms with Crippen molar-refractivity contribution in [3.8, 4) is 5.75 Å². The van der Waals surface area contributed by atoms with Crippen LogP contribution in [0.5, 0.6) is 5.75 Å². The third-order valence-electron chi connectivity index (χ3n) is 4.60. The zero-order chi connectivity index (χ0) is 23.2. The van der Waals surface area contributed by atoms with Crippen LogP contribution in [0.3, 0.4) is 0 Å². The van der Waals surface area contributed by atoms with Crippen molar-refractivity contribution in [1.29, 1.82) is 0 Å². The molecule has 33 heavy (non-hydrogen) atoms. The summed E-state index contributed by atoms with van der Waals surface area (Å²) in [5.41, 5.74) is 3.15. The minimum Gasteiger partial charge on any atom is -0.489 e. The lowest BCUT2D eigenvalue weighted by molar-refractivity contribution is -0.115. The fourth-order valence-corrected chi connectivity index (χ4v) is 4.04. The number of nitrogens with one attached hydrogen (secondary N) is 2. The van der Waals surface area contributed by atoms with Gasteiger partial charge in [-0.1, -0.05) is 41.9 Å². The van der Waals surface area contributed by atoms with E-state index in [1.165, 1.54) is 18.7 Å². The number of amides is 2. The molecule has 1 saturated heterocycles. The molecule has 1 aliphatic heterocycles. The summed E-state index contributed by atoms with van der Waals surface area (Å²) in [6, 6.07) is 22.1. The van der Waals surface area contributed by atoms with Gasteiger partial charge >= 0.3 is 0 Å². The molecule has 0 aliphatic carbocycles. The summed E-state index contributed by atoms with van der Waals surface area (Å²) in [7, 11) is 0. The Morgan fingerprint density at radius 1 is 1.09 bits per heavy atom. The monoisotopic (exact) mass is 477 g/mol. The van der Waals surface area contributed by atoms with E-state index in [2.05, 4.69) is 15.6 Å². The first kappa shape index (κ1) is 22.6. The lowest BCUT2D eigenvalue weighted by Crippen LogP contribution is -2.19. The van der Waals surface area contributed by atoms with E-state index < -0.39 is 0 Å². The van der Waals surface area contributed by atoms with Crippen LogP contribution in [0.25, 0.3) is 6.08 Å². The van der Waals surface area contributed by atoms with Crippen molar-refractivity contribution in [3.63, 3.8) is 0 Å². The van der Waals surface area contributed by atoms with Gasteiger partial charge in [0.2, 0.25) is 5.91 Å². The second-order valence-electron chi connectivity index (χ2n) is 7.16. The van der Waals surface area contributed by atoms with Crippen LogP contribution in [0.2, 0.25) is 5.02 Å². The van der Waals surface area contributed by atoms with Gasteiger partial charge in [0.25, 0.3) is 5.91 Å². The first-order valence-corrected chi connectivity index (χ1v) is 11.3. The zero-order valence-corrected chi connectivity index (χ0v) is 19.2. The molecule has 2 amide bonds. The summed E-state index contributed by atoms with van der Waals surface area (Å²) < 4.78 is 5.80. The molecular formula is C25H20ClN3O3S. The number of carbonyl (C=O) groups excluding carboxylic acids is 2. The highest BCUT2D eigenvalue weighted by molar-refractivity contribution is 8.18. The molecule has 1 heterocycles. The molecule has 0 radical (unpaired) electrons. The van der Waals surface area contributed by atoms with Gasteiger partial charge in [0.15, 0.2) is 5.17 Å². The van der Waals surface area contributed by atoms with E-state index in [4.69, 9.17) is 16.3 Å². The van der Waals surface area contributed by atoms with Gasteiger partial charge in [-0.05, 0) is 65.9 Å². The number of carbonyl (C=O) groups is 2. The second-order valence-corrected chi connectivity index (χ2v) is 8.60. The average Bonchev–Trinajstić information content (AvgIpc) is 3.13. The molecule has 0 saturated carbocycles. The Labute approximate surface area is 200 Å². The summed E-state index contributed by atoms with van der Waals surface area (Å²) in [6.07, 6.45) is 1.81. The Balaban J connectivity index is 1.38. The third kappa shape index (κ3) is 6.25. The third-order valence-corrected chi connectivity index (χ3v) is 5.88. The number of anilines is 1. The van der Waals surface area contributed by atoms with Crippen molar-refractivity contribution in [3.05, 3.63) is 93.9 Å². The van der Waals surface area contributed by atoms with E-state index in [1.807, 2.05) is 48.5 Å². The van der Waals surface area contributed by atoms with Gasteiger partial charge in [-0.25, -0.2) is 4.99 Å². The highest BCUT2D eigenvalue weighted by Gasteiger charge is 2.23. The van der Waals surface area contributed by atoms with E-state index in [9.17, 15) is 9.59 Å². The quantitative estimate of drug-likeness (QED) is 0.442. The first-order chi connectivity index (χ1) is 16.0. The number of rotatable bonds is 6. The Kier molecular flexibility index (Phi) is 7.12. The van der Waals surface area contributed by atoms with Crippen molar-refractivity contribution in [1.82, 2.24) is 5.32 Å².